The lowest BCUT2D eigenvalue weighted by Gasteiger charge is -2.13. The lowest BCUT2D eigenvalue weighted by molar-refractivity contribution is 0.324. The fraction of sp³-hybridized carbons (Fsp3) is 0.250. The first-order valence-corrected chi connectivity index (χ1v) is 9.47. The fourth-order valence-corrected chi connectivity index (χ4v) is 3.83. The first kappa shape index (κ1) is 18.2. The van der Waals surface area contributed by atoms with Gasteiger partial charge in [0.05, 0.1) is 21.3 Å². The van der Waals surface area contributed by atoms with Gasteiger partial charge in [-0.3, -0.25) is 0 Å². The van der Waals surface area contributed by atoms with Crippen LogP contribution in [0.2, 0.25) is 0 Å². The first-order valence-electron chi connectivity index (χ1n) is 8.66. The Morgan fingerprint density at radius 2 is 1.54 bits per heavy atom. The van der Waals surface area contributed by atoms with Crippen molar-refractivity contribution in [1.82, 2.24) is 19.8 Å². The minimum absolute atomic E-state index is 0.531. The largest absolute Gasteiger partial charge is 0.493 e. The van der Waals surface area contributed by atoms with E-state index in [0.29, 0.717) is 23.1 Å². The molecule has 2 heterocycles. The highest BCUT2D eigenvalue weighted by Gasteiger charge is 2.19. The molecule has 0 saturated heterocycles. The number of aromatic nitrogens is 4. The van der Waals surface area contributed by atoms with Crippen LogP contribution in [0.25, 0.3) is 26.9 Å². The summed E-state index contributed by atoms with van der Waals surface area (Å²) >= 11 is 1.50. The van der Waals surface area contributed by atoms with E-state index in [9.17, 15) is 0 Å². The standard InChI is InChI=1S/C20H20N4O3S/c1-11-6-7-13(8-12(11)2)19-23-24-18(21-22-20(24)28-19)14-9-15(25-3)17(27-5)16(10-14)26-4/h6-10H,1-5H3. The van der Waals surface area contributed by atoms with Crippen LogP contribution >= 0.6 is 11.3 Å². The van der Waals surface area contributed by atoms with Crippen LogP contribution < -0.4 is 14.2 Å². The van der Waals surface area contributed by atoms with Gasteiger partial charge in [-0.2, -0.15) is 9.61 Å². The Morgan fingerprint density at radius 1 is 0.821 bits per heavy atom. The number of methoxy groups -OCH3 is 3. The molecule has 0 atom stereocenters. The van der Waals surface area contributed by atoms with E-state index in [0.717, 1.165) is 21.1 Å². The average molecular weight is 396 g/mol. The molecule has 0 bridgehead atoms. The summed E-state index contributed by atoms with van der Waals surface area (Å²) in [5.41, 5.74) is 4.33. The van der Waals surface area contributed by atoms with Gasteiger partial charge in [-0.05, 0) is 43.2 Å². The molecule has 0 fully saturated rings. The molecule has 0 unspecified atom stereocenters. The third-order valence-electron chi connectivity index (χ3n) is 4.67. The van der Waals surface area contributed by atoms with Crippen molar-refractivity contribution in [3.05, 3.63) is 41.5 Å². The molecule has 2 aromatic heterocycles. The van der Waals surface area contributed by atoms with Crippen LogP contribution in [0.1, 0.15) is 11.1 Å². The Hall–Kier alpha value is -3.13. The van der Waals surface area contributed by atoms with E-state index in [1.807, 2.05) is 12.1 Å². The number of nitrogens with zero attached hydrogens (tertiary/aromatic N) is 4. The van der Waals surface area contributed by atoms with Crippen LogP contribution in [0.5, 0.6) is 17.2 Å². The Labute approximate surface area is 166 Å². The molecule has 2 aromatic carbocycles. The summed E-state index contributed by atoms with van der Waals surface area (Å²) in [6, 6.07) is 10.0. The lowest BCUT2D eigenvalue weighted by atomic mass is 10.1. The smallest absolute Gasteiger partial charge is 0.235 e. The predicted molar refractivity (Wildman–Crippen MR) is 109 cm³/mol. The molecule has 0 saturated carbocycles. The molecule has 0 aliphatic heterocycles. The topological polar surface area (TPSA) is 70.8 Å². The van der Waals surface area contributed by atoms with Crippen molar-refractivity contribution in [1.29, 1.82) is 0 Å². The number of hydrogen-bond acceptors (Lipinski definition) is 7. The highest BCUT2D eigenvalue weighted by Crippen LogP contribution is 2.41. The zero-order valence-electron chi connectivity index (χ0n) is 16.3. The molecular weight excluding hydrogens is 376 g/mol. The minimum Gasteiger partial charge on any atom is -0.493 e. The molecule has 0 spiro atoms. The summed E-state index contributed by atoms with van der Waals surface area (Å²) < 4.78 is 18.0. The SMILES string of the molecule is COc1cc(-c2nnc3sc(-c4ccc(C)c(C)c4)nn23)cc(OC)c1OC. The van der Waals surface area contributed by atoms with Crippen LogP contribution in [0.3, 0.4) is 0 Å². The zero-order valence-corrected chi connectivity index (χ0v) is 17.1. The maximum absolute atomic E-state index is 5.45. The van der Waals surface area contributed by atoms with E-state index in [4.69, 9.17) is 19.3 Å². The van der Waals surface area contributed by atoms with E-state index >= 15 is 0 Å². The maximum atomic E-state index is 5.45. The Bertz CT molecular complexity index is 1140. The molecule has 0 radical (unpaired) electrons. The number of rotatable bonds is 5. The van der Waals surface area contributed by atoms with Gasteiger partial charge in [0, 0.05) is 11.1 Å². The number of benzene rings is 2. The zero-order chi connectivity index (χ0) is 19.8. The monoisotopic (exact) mass is 396 g/mol. The first-order chi connectivity index (χ1) is 13.5. The molecule has 0 amide bonds. The van der Waals surface area contributed by atoms with Crippen LogP contribution in [0, 0.1) is 13.8 Å². The van der Waals surface area contributed by atoms with Gasteiger partial charge in [0.15, 0.2) is 17.3 Å². The molecule has 8 heteroatoms. The van der Waals surface area contributed by atoms with E-state index in [1.165, 1.54) is 22.5 Å². The Balaban J connectivity index is 1.84. The fourth-order valence-electron chi connectivity index (χ4n) is 3.00. The van der Waals surface area contributed by atoms with Crippen molar-refractivity contribution >= 4 is 16.3 Å². The average Bonchev–Trinajstić information content (AvgIpc) is 3.29. The van der Waals surface area contributed by atoms with Crippen LogP contribution in [0.4, 0.5) is 0 Å². The predicted octanol–water partition coefficient (Wildman–Crippen LogP) is 4.16. The summed E-state index contributed by atoms with van der Waals surface area (Å²) in [4.78, 5) is 0.719. The van der Waals surface area contributed by atoms with Crippen LogP contribution in [0.15, 0.2) is 30.3 Å². The van der Waals surface area contributed by atoms with E-state index < -0.39 is 0 Å². The summed E-state index contributed by atoms with van der Waals surface area (Å²) in [6.45, 7) is 4.20. The van der Waals surface area contributed by atoms with E-state index in [1.54, 1.807) is 25.8 Å². The Morgan fingerprint density at radius 3 is 2.14 bits per heavy atom. The maximum Gasteiger partial charge on any atom is 0.235 e. The summed E-state index contributed by atoms with van der Waals surface area (Å²) in [5, 5.41) is 14.2. The van der Waals surface area contributed by atoms with Crippen molar-refractivity contribution in [2.75, 3.05) is 21.3 Å². The molecule has 4 rings (SSSR count). The van der Waals surface area contributed by atoms with Crippen molar-refractivity contribution < 1.29 is 14.2 Å². The van der Waals surface area contributed by atoms with Crippen LogP contribution in [-0.4, -0.2) is 41.1 Å². The number of fused-ring (bicyclic) bond motifs is 1. The molecule has 7 nitrogen and oxygen atoms in total. The third-order valence-corrected chi connectivity index (χ3v) is 5.62. The van der Waals surface area contributed by atoms with Gasteiger partial charge < -0.3 is 14.2 Å². The van der Waals surface area contributed by atoms with Gasteiger partial charge in [-0.1, -0.05) is 23.5 Å². The van der Waals surface area contributed by atoms with Crippen molar-refractivity contribution in [3.8, 4) is 39.2 Å². The molecule has 4 aromatic rings. The molecule has 0 aliphatic carbocycles. The summed E-state index contributed by atoms with van der Waals surface area (Å²) in [5.74, 6) is 2.25. The Kier molecular flexibility index (Phi) is 4.64. The van der Waals surface area contributed by atoms with Gasteiger partial charge in [-0.15, -0.1) is 10.2 Å². The number of hydrogen-bond donors (Lipinski definition) is 0. The van der Waals surface area contributed by atoms with Crippen molar-refractivity contribution in [2.45, 2.75) is 13.8 Å². The third kappa shape index (κ3) is 2.95. The molecule has 144 valence electrons. The van der Waals surface area contributed by atoms with Gasteiger partial charge in [0.1, 0.15) is 5.01 Å². The van der Waals surface area contributed by atoms with Gasteiger partial charge in [0.2, 0.25) is 10.7 Å². The highest BCUT2D eigenvalue weighted by atomic mass is 32.1. The summed E-state index contributed by atoms with van der Waals surface area (Å²) in [7, 11) is 4.74. The number of aryl methyl sites for hydroxylation is 2. The second-order valence-corrected chi connectivity index (χ2v) is 7.29. The normalized spacial score (nSPS) is 11.0. The molecule has 0 aliphatic rings. The quantitative estimate of drug-likeness (QED) is 0.504. The van der Waals surface area contributed by atoms with Gasteiger partial charge in [0.25, 0.3) is 0 Å². The molecule has 0 N–H and O–H groups in total. The van der Waals surface area contributed by atoms with E-state index in [2.05, 4.69) is 42.2 Å². The minimum atomic E-state index is 0.531. The van der Waals surface area contributed by atoms with Gasteiger partial charge >= 0.3 is 0 Å². The second kappa shape index (κ2) is 7.12. The van der Waals surface area contributed by atoms with E-state index in [-0.39, 0.29) is 0 Å². The second-order valence-electron chi connectivity index (χ2n) is 6.34. The number of ether oxygens (including phenoxy) is 3. The van der Waals surface area contributed by atoms with Crippen molar-refractivity contribution in [3.63, 3.8) is 0 Å². The lowest BCUT2D eigenvalue weighted by Crippen LogP contribution is -1.97. The van der Waals surface area contributed by atoms with Crippen LogP contribution in [-0.2, 0) is 0 Å². The molecular formula is C20H20N4O3S. The molecule has 28 heavy (non-hydrogen) atoms. The summed E-state index contributed by atoms with van der Waals surface area (Å²) in [6.07, 6.45) is 0. The van der Waals surface area contributed by atoms with Gasteiger partial charge in [-0.25, -0.2) is 0 Å². The highest BCUT2D eigenvalue weighted by molar-refractivity contribution is 7.19. The van der Waals surface area contributed by atoms with Crippen molar-refractivity contribution in [2.24, 2.45) is 0 Å².